The number of hydrogen-bond donors (Lipinski definition) is 2. The maximum atomic E-state index is 13.4. The molecule has 0 bridgehead atoms. The standard InChI is InChI=1S/C26H40N4O5/c1-17-14-30(19(3)31)18(2)16-35-23-12-11-21(28-26(33)27-20-9-7-6-8-10-20)13-22(23)25(32)29(4)15-24(17)34-5/h11-13,17-18,20,24H,6-10,14-16H2,1-5H3,(H2,27,28,33)/t17-,18+,24-/m1/s1. The van der Waals surface area contributed by atoms with Gasteiger partial charge in [-0.25, -0.2) is 4.79 Å². The lowest BCUT2D eigenvalue weighted by molar-refractivity contribution is -0.133. The average Bonchev–Trinajstić information content (AvgIpc) is 2.83. The maximum Gasteiger partial charge on any atom is 0.319 e. The van der Waals surface area contributed by atoms with Gasteiger partial charge in [0.25, 0.3) is 5.91 Å². The van der Waals surface area contributed by atoms with Crippen molar-refractivity contribution in [2.45, 2.75) is 71.1 Å². The van der Waals surface area contributed by atoms with Gasteiger partial charge in [-0.2, -0.15) is 0 Å². The number of ether oxygens (including phenoxy) is 2. The van der Waals surface area contributed by atoms with Crippen LogP contribution in [0.5, 0.6) is 5.75 Å². The minimum absolute atomic E-state index is 0.0111. The Labute approximate surface area is 208 Å². The van der Waals surface area contributed by atoms with Crippen molar-refractivity contribution in [3.05, 3.63) is 23.8 Å². The van der Waals surface area contributed by atoms with Gasteiger partial charge in [-0.3, -0.25) is 9.59 Å². The largest absolute Gasteiger partial charge is 0.491 e. The first-order valence-electron chi connectivity index (χ1n) is 12.6. The van der Waals surface area contributed by atoms with Crippen molar-refractivity contribution < 1.29 is 23.9 Å². The van der Waals surface area contributed by atoms with Gasteiger partial charge in [0.05, 0.1) is 17.7 Å². The molecule has 9 nitrogen and oxygen atoms in total. The fourth-order valence-electron chi connectivity index (χ4n) is 4.89. The van der Waals surface area contributed by atoms with Gasteiger partial charge < -0.3 is 29.9 Å². The molecule has 0 saturated heterocycles. The van der Waals surface area contributed by atoms with E-state index >= 15 is 0 Å². The number of urea groups is 1. The van der Waals surface area contributed by atoms with Crippen LogP contribution < -0.4 is 15.4 Å². The van der Waals surface area contributed by atoms with Gasteiger partial charge in [0.2, 0.25) is 5.91 Å². The molecule has 0 unspecified atom stereocenters. The van der Waals surface area contributed by atoms with E-state index in [1.165, 1.54) is 6.42 Å². The highest BCUT2D eigenvalue weighted by atomic mass is 16.5. The van der Waals surface area contributed by atoms with Crippen molar-refractivity contribution >= 4 is 23.5 Å². The molecule has 1 aromatic carbocycles. The van der Waals surface area contributed by atoms with Gasteiger partial charge in [0, 0.05) is 51.8 Å². The summed E-state index contributed by atoms with van der Waals surface area (Å²) in [5, 5.41) is 5.90. The van der Waals surface area contributed by atoms with E-state index < -0.39 is 0 Å². The average molecular weight is 489 g/mol. The van der Waals surface area contributed by atoms with Crippen LogP contribution >= 0.6 is 0 Å². The van der Waals surface area contributed by atoms with Gasteiger partial charge in [0.15, 0.2) is 0 Å². The third-order valence-corrected chi connectivity index (χ3v) is 7.05. The molecule has 9 heteroatoms. The normalized spacial score (nSPS) is 24.5. The molecule has 2 N–H and O–H groups in total. The maximum absolute atomic E-state index is 13.4. The van der Waals surface area contributed by atoms with Crippen molar-refractivity contribution in [2.24, 2.45) is 5.92 Å². The van der Waals surface area contributed by atoms with Gasteiger partial charge in [0.1, 0.15) is 12.4 Å². The predicted molar refractivity (Wildman–Crippen MR) is 135 cm³/mol. The Hall–Kier alpha value is -2.81. The van der Waals surface area contributed by atoms with Gasteiger partial charge in [-0.1, -0.05) is 26.2 Å². The van der Waals surface area contributed by atoms with Gasteiger partial charge in [-0.05, 0) is 38.0 Å². The Morgan fingerprint density at radius 1 is 1.11 bits per heavy atom. The van der Waals surface area contributed by atoms with E-state index in [2.05, 4.69) is 10.6 Å². The van der Waals surface area contributed by atoms with E-state index in [-0.39, 0.29) is 48.6 Å². The van der Waals surface area contributed by atoms with E-state index in [1.54, 1.807) is 49.1 Å². The zero-order chi connectivity index (χ0) is 25.5. The van der Waals surface area contributed by atoms with Crippen LogP contribution in [-0.2, 0) is 9.53 Å². The molecule has 3 rings (SSSR count). The van der Waals surface area contributed by atoms with E-state index in [9.17, 15) is 14.4 Å². The van der Waals surface area contributed by atoms with Crippen LogP contribution in [-0.4, -0.2) is 79.7 Å². The van der Waals surface area contributed by atoms with E-state index in [0.717, 1.165) is 25.7 Å². The van der Waals surface area contributed by atoms with E-state index in [0.29, 0.717) is 30.1 Å². The second-order valence-corrected chi connectivity index (χ2v) is 9.91. The monoisotopic (exact) mass is 488 g/mol. The molecule has 1 aliphatic heterocycles. The number of nitrogens with zero attached hydrogens (tertiary/aromatic N) is 2. The Kier molecular flexibility index (Phi) is 9.37. The minimum atomic E-state index is -0.272. The summed E-state index contributed by atoms with van der Waals surface area (Å²) < 4.78 is 11.7. The lowest BCUT2D eigenvalue weighted by Gasteiger charge is -2.35. The summed E-state index contributed by atoms with van der Waals surface area (Å²) in [6.07, 6.45) is 5.20. The van der Waals surface area contributed by atoms with Crippen LogP contribution in [0.2, 0.25) is 0 Å². The molecule has 2 aliphatic rings. The molecule has 0 radical (unpaired) electrons. The van der Waals surface area contributed by atoms with Crippen LogP contribution in [0.15, 0.2) is 18.2 Å². The number of fused-ring (bicyclic) bond motifs is 1. The molecule has 1 aliphatic carbocycles. The summed E-state index contributed by atoms with van der Waals surface area (Å²) >= 11 is 0. The highest BCUT2D eigenvalue weighted by Gasteiger charge is 2.29. The molecular weight excluding hydrogens is 448 g/mol. The number of nitrogens with one attached hydrogen (secondary N) is 2. The molecule has 4 amide bonds. The molecule has 0 aromatic heterocycles. The molecule has 0 spiro atoms. The number of carbonyl (C=O) groups excluding carboxylic acids is 3. The van der Waals surface area contributed by atoms with Crippen LogP contribution in [0.4, 0.5) is 10.5 Å². The molecule has 3 atom stereocenters. The third kappa shape index (κ3) is 7.10. The molecule has 1 heterocycles. The smallest absolute Gasteiger partial charge is 0.319 e. The van der Waals surface area contributed by atoms with Crippen molar-refractivity contribution in [1.82, 2.24) is 15.1 Å². The fourth-order valence-corrected chi connectivity index (χ4v) is 4.89. The summed E-state index contributed by atoms with van der Waals surface area (Å²) in [5.41, 5.74) is 0.872. The predicted octanol–water partition coefficient (Wildman–Crippen LogP) is 3.49. The number of methoxy groups -OCH3 is 1. The first-order chi connectivity index (χ1) is 16.7. The Balaban J connectivity index is 1.84. The van der Waals surface area contributed by atoms with E-state index in [1.807, 2.05) is 13.8 Å². The molecule has 1 fully saturated rings. The number of hydrogen-bond acceptors (Lipinski definition) is 5. The SMILES string of the molecule is CO[C@@H]1CN(C)C(=O)c2cc(NC(=O)NC3CCCCC3)ccc2OC[C@H](C)N(C(C)=O)C[C@H]1C. The molecule has 194 valence electrons. The molecule has 35 heavy (non-hydrogen) atoms. The Bertz CT molecular complexity index is 902. The highest BCUT2D eigenvalue weighted by Crippen LogP contribution is 2.27. The fraction of sp³-hybridized carbons (Fsp3) is 0.654. The second kappa shape index (κ2) is 12.2. The molecule has 1 aromatic rings. The van der Waals surface area contributed by atoms with Gasteiger partial charge >= 0.3 is 6.03 Å². The Morgan fingerprint density at radius 2 is 1.83 bits per heavy atom. The third-order valence-electron chi connectivity index (χ3n) is 7.05. The number of benzene rings is 1. The van der Waals surface area contributed by atoms with E-state index in [4.69, 9.17) is 9.47 Å². The zero-order valence-electron chi connectivity index (χ0n) is 21.6. The minimum Gasteiger partial charge on any atom is -0.491 e. The number of likely N-dealkylation sites (N-methyl/N-ethyl adjacent to an activating group) is 1. The topological polar surface area (TPSA) is 100 Å². The summed E-state index contributed by atoms with van der Waals surface area (Å²) in [6, 6.07) is 4.80. The summed E-state index contributed by atoms with van der Waals surface area (Å²) in [7, 11) is 3.34. The van der Waals surface area contributed by atoms with Crippen LogP contribution in [0, 0.1) is 5.92 Å². The highest BCUT2D eigenvalue weighted by molar-refractivity contribution is 5.99. The van der Waals surface area contributed by atoms with Crippen molar-refractivity contribution in [3.63, 3.8) is 0 Å². The zero-order valence-corrected chi connectivity index (χ0v) is 21.6. The van der Waals surface area contributed by atoms with Crippen molar-refractivity contribution in [3.8, 4) is 5.75 Å². The Morgan fingerprint density at radius 3 is 2.49 bits per heavy atom. The summed E-state index contributed by atoms with van der Waals surface area (Å²) in [6.45, 7) is 6.60. The summed E-state index contributed by atoms with van der Waals surface area (Å²) in [5.74, 6) is 0.172. The number of anilines is 1. The van der Waals surface area contributed by atoms with Crippen LogP contribution in [0.3, 0.4) is 0 Å². The first-order valence-corrected chi connectivity index (χ1v) is 12.6. The second-order valence-electron chi connectivity index (χ2n) is 9.91. The van der Waals surface area contributed by atoms with Crippen LogP contribution in [0.1, 0.15) is 63.2 Å². The van der Waals surface area contributed by atoms with Crippen molar-refractivity contribution in [2.75, 3.05) is 39.2 Å². The number of carbonyl (C=O) groups is 3. The summed E-state index contributed by atoms with van der Waals surface area (Å²) in [4.78, 5) is 41.7. The molecule has 1 saturated carbocycles. The first kappa shape index (κ1) is 26.8. The quantitative estimate of drug-likeness (QED) is 0.678. The number of rotatable bonds is 3. The van der Waals surface area contributed by atoms with Gasteiger partial charge in [-0.15, -0.1) is 0 Å². The lowest BCUT2D eigenvalue weighted by atomic mass is 9.96. The lowest BCUT2D eigenvalue weighted by Crippen LogP contribution is -2.48. The van der Waals surface area contributed by atoms with Crippen LogP contribution in [0.25, 0.3) is 0 Å². The van der Waals surface area contributed by atoms with Crippen molar-refractivity contribution in [1.29, 1.82) is 0 Å². The number of amides is 4. The molecular formula is C26H40N4O5.